The number of hydrogen-bond donors (Lipinski definition) is 1. The molecule has 0 radical (unpaired) electrons. The second-order valence-corrected chi connectivity index (χ2v) is 7.27. The average molecular weight is 355 g/mol. The second-order valence-electron chi connectivity index (χ2n) is 7.27. The Hall–Kier alpha value is -2.25. The van der Waals surface area contributed by atoms with Crippen LogP contribution in [0.5, 0.6) is 0 Å². The Labute approximate surface area is 153 Å². The number of nitrogens with zero attached hydrogens (tertiary/aromatic N) is 4. The highest BCUT2D eigenvalue weighted by Crippen LogP contribution is 2.41. The van der Waals surface area contributed by atoms with Crippen molar-refractivity contribution in [2.24, 2.45) is 13.0 Å². The lowest BCUT2D eigenvalue weighted by molar-refractivity contribution is -0.137. The number of nitrogens with one attached hydrogen (secondary N) is 1. The normalized spacial score (nSPS) is 21.7. The molecule has 0 aromatic carbocycles. The monoisotopic (exact) mass is 355 g/mol. The number of pyridine rings is 1. The minimum atomic E-state index is -0.115. The molecule has 2 aromatic rings. The molecule has 2 fully saturated rings. The van der Waals surface area contributed by atoms with Crippen LogP contribution < -0.4 is 5.32 Å². The van der Waals surface area contributed by atoms with E-state index in [-0.39, 0.29) is 11.5 Å². The lowest BCUT2D eigenvalue weighted by atomic mass is 9.79. The molecule has 1 unspecified atom stereocenters. The van der Waals surface area contributed by atoms with Crippen molar-refractivity contribution < 1.29 is 9.53 Å². The molecular formula is C19H25N5O2. The van der Waals surface area contributed by atoms with Gasteiger partial charge in [-0.3, -0.25) is 14.7 Å². The number of carbonyl (C=O) groups is 1. The van der Waals surface area contributed by atoms with Crippen LogP contribution in [0.15, 0.2) is 36.8 Å². The number of likely N-dealkylation sites (tertiary alicyclic amines) is 1. The number of ether oxygens (including phenoxy) is 1. The van der Waals surface area contributed by atoms with Crippen LogP contribution in [-0.2, 0) is 18.3 Å². The van der Waals surface area contributed by atoms with Gasteiger partial charge in [0, 0.05) is 58.4 Å². The van der Waals surface area contributed by atoms with E-state index >= 15 is 0 Å². The third-order valence-corrected chi connectivity index (χ3v) is 5.50. The lowest BCUT2D eigenvalue weighted by Crippen LogP contribution is -2.64. The van der Waals surface area contributed by atoms with Crippen molar-refractivity contribution in [1.29, 1.82) is 0 Å². The molecule has 2 aliphatic heterocycles. The Morgan fingerprint density at radius 3 is 2.96 bits per heavy atom. The van der Waals surface area contributed by atoms with Crippen LogP contribution in [-0.4, -0.2) is 57.2 Å². The quantitative estimate of drug-likeness (QED) is 0.844. The Kier molecular flexibility index (Phi) is 4.74. The van der Waals surface area contributed by atoms with E-state index in [1.807, 2.05) is 25.4 Å². The molecule has 138 valence electrons. The highest BCUT2D eigenvalue weighted by Gasteiger charge is 2.52. The van der Waals surface area contributed by atoms with Gasteiger partial charge in [0.05, 0.1) is 11.3 Å². The first-order chi connectivity index (χ1) is 12.7. The van der Waals surface area contributed by atoms with Gasteiger partial charge < -0.3 is 14.6 Å². The van der Waals surface area contributed by atoms with Gasteiger partial charge >= 0.3 is 0 Å². The van der Waals surface area contributed by atoms with Crippen LogP contribution in [0.25, 0.3) is 0 Å². The summed E-state index contributed by atoms with van der Waals surface area (Å²) >= 11 is 0. The molecule has 4 rings (SSSR count). The molecule has 7 heteroatoms. The highest BCUT2D eigenvalue weighted by molar-refractivity contribution is 5.90. The Balaban J connectivity index is 1.26. The molecule has 1 atom stereocenters. The standard InChI is InChI=1S/C19H25N5O2/c1-23-10-9-21-17(23)18(25)22-8-5-15-6-11-26-19(15)13-24(14-19)12-16-4-2-3-7-20-16/h2-4,7,9-10,15H,5-6,8,11-14H2,1H3,(H,22,25). The maximum Gasteiger partial charge on any atom is 0.287 e. The highest BCUT2D eigenvalue weighted by atomic mass is 16.5. The number of rotatable bonds is 6. The molecule has 7 nitrogen and oxygen atoms in total. The number of carbonyl (C=O) groups excluding carboxylic acids is 1. The van der Waals surface area contributed by atoms with E-state index in [1.165, 1.54) is 0 Å². The first-order valence-corrected chi connectivity index (χ1v) is 9.18. The summed E-state index contributed by atoms with van der Waals surface area (Å²) in [7, 11) is 1.83. The summed E-state index contributed by atoms with van der Waals surface area (Å²) in [6.45, 7) is 4.23. The zero-order chi connectivity index (χ0) is 18.0. The molecule has 1 amide bonds. The molecule has 0 saturated carbocycles. The molecular weight excluding hydrogens is 330 g/mol. The molecule has 2 aromatic heterocycles. The summed E-state index contributed by atoms with van der Waals surface area (Å²) in [4.78, 5) is 23.0. The maximum atomic E-state index is 12.2. The Bertz CT molecular complexity index is 754. The van der Waals surface area contributed by atoms with E-state index < -0.39 is 0 Å². The fourth-order valence-corrected chi connectivity index (χ4v) is 4.11. The number of aromatic nitrogens is 3. The molecule has 1 N–H and O–H groups in total. The number of amides is 1. The van der Waals surface area contributed by atoms with Gasteiger partial charge in [0.15, 0.2) is 5.82 Å². The molecule has 2 saturated heterocycles. The van der Waals surface area contributed by atoms with Crippen molar-refractivity contribution in [2.45, 2.75) is 25.0 Å². The first-order valence-electron chi connectivity index (χ1n) is 9.18. The minimum absolute atomic E-state index is 0.0390. The van der Waals surface area contributed by atoms with Gasteiger partial charge in [-0.2, -0.15) is 0 Å². The van der Waals surface area contributed by atoms with Crippen LogP contribution in [0.1, 0.15) is 29.2 Å². The molecule has 0 aliphatic carbocycles. The van der Waals surface area contributed by atoms with Gasteiger partial charge in [-0.05, 0) is 30.9 Å². The largest absolute Gasteiger partial charge is 0.372 e. The van der Waals surface area contributed by atoms with Gasteiger partial charge in [0.1, 0.15) is 0 Å². The van der Waals surface area contributed by atoms with Crippen LogP contribution in [0, 0.1) is 5.92 Å². The third kappa shape index (κ3) is 3.37. The lowest BCUT2D eigenvalue weighted by Gasteiger charge is -2.50. The summed E-state index contributed by atoms with van der Waals surface area (Å²) in [6.07, 6.45) is 7.26. The molecule has 2 aliphatic rings. The Morgan fingerprint density at radius 1 is 1.35 bits per heavy atom. The van der Waals surface area contributed by atoms with E-state index in [9.17, 15) is 4.79 Å². The smallest absolute Gasteiger partial charge is 0.287 e. The van der Waals surface area contributed by atoms with Gasteiger partial charge in [-0.1, -0.05) is 6.07 Å². The van der Waals surface area contributed by atoms with E-state index in [2.05, 4.69) is 26.3 Å². The van der Waals surface area contributed by atoms with E-state index in [0.29, 0.717) is 18.3 Å². The second kappa shape index (κ2) is 7.17. The van der Waals surface area contributed by atoms with Crippen molar-refractivity contribution in [1.82, 2.24) is 24.8 Å². The van der Waals surface area contributed by atoms with Crippen LogP contribution in [0.3, 0.4) is 0 Å². The zero-order valence-electron chi connectivity index (χ0n) is 15.1. The van der Waals surface area contributed by atoms with E-state index in [4.69, 9.17) is 4.74 Å². The van der Waals surface area contributed by atoms with Gasteiger partial charge in [-0.15, -0.1) is 0 Å². The summed E-state index contributed by atoms with van der Waals surface area (Å²) < 4.78 is 7.85. The third-order valence-electron chi connectivity index (χ3n) is 5.50. The van der Waals surface area contributed by atoms with Crippen LogP contribution >= 0.6 is 0 Å². The molecule has 26 heavy (non-hydrogen) atoms. The fourth-order valence-electron chi connectivity index (χ4n) is 4.11. The van der Waals surface area contributed by atoms with Crippen molar-refractivity contribution in [3.63, 3.8) is 0 Å². The average Bonchev–Trinajstić information content (AvgIpc) is 3.22. The van der Waals surface area contributed by atoms with Gasteiger partial charge in [-0.25, -0.2) is 4.98 Å². The molecule has 0 bridgehead atoms. The molecule has 1 spiro atoms. The number of imidazole rings is 1. The van der Waals surface area contributed by atoms with Crippen molar-refractivity contribution in [2.75, 3.05) is 26.2 Å². The van der Waals surface area contributed by atoms with E-state index in [0.717, 1.165) is 44.8 Å². The SMILES string of the molecule is Cn1ccnc1C(=O)NCCC1CCOC12CN(Cc1ccccn1)C2. The van der Waals surface area contributed by atoms with Crippen LogP contribution in [0.2, 0.25) is 0 Å². The van der Waals surface area contributed by atoms with E-state index in [1.54, 1.807) is 17.0 Å². The maximum absolute atomic E-state index is 12.2. The van der Waals surface area contributed by atoms with Crippen molar-refractivity contribution in [3.8, 4) is 0 Å². The van der Waals surface area contributed by atoms with Gasteiger partial charge in [0.2, 0.25) is 0 Å². The fraction of sp³-hybridized carbons (Fsp3) is 0.526. The summed E-state index contributed by atoms with van der Waals surface area (Å²) in [6, 6.07) is 6.03. The number of aryl methyl sites for hydroxylation is 1. The summed E-state index contributed by atoms with van der Waals surface area (Å²) in [5, 5.41) is 2.99. The predicted molar refractivity (Wildman–Crippen MR) is 96.5 cm³/mol. The summed E-state index contributed by atoms with van der Waals surface area (Å²) in [5.41, 5.74) is 1.06. The van der Waals surface area contributed by atoms with Crippen molar-refractivity contribution in [3.05, 3.63) is 48.3 Å². The summed E-state index contributed by atoms with van der Waals surface area (Å²) in [5.74, 6) is 0.826. The first kappa shape index (κ1) is 17.2. The predicted octanol–water partition coefficient (Wildman–Crippen LogP) is 1.23. The van der Waals surface area contributed by atoms with Crippen molar-refractivity contribution >= 4 is 5.91 Å². The Morgan fingerprint density at radius 2 is 2.23 bits per heavy atom. The zero-order valence-corrected chi connectivity index (χ0v) is 15.1. The topological polar surface area (TPSA) is 72.3 Å². The molecule has 4 heterocycles. The number of hydrogen-bond acceptors (Lipinski definition) is 5. The van der Waals surface area contributed by atoms with Gasteiger partial charge in [0.25, 0.3) is 5.91 Å². The van der Waals surface area contributed by atoms with Crippen LogP contribution in [0.4, 0.5) is 0 Å². The minimum Gasteiger partial charge on any atom is -0.372 e.